The van der Waals surface area contributed by atoms with E-state index in [1.54, 1.807) is 16.7 Å². The van der Waals surface area contributed by atoms with Crippen LogP contribution < -0.4 is 16.2 Å². The molecular weight excluding hydrogens is 262 g/mol. The van der Waals surface area contributed by atoms with Crippen LogP contribution in [0.4, 0.5) is 5.69 Å². The summed E-state index contributed by atoms with van der Waals surface area (Å²) in [5.74, 6) is 0. The van der Waals surface area contributed by atoms with Crippen LogP contribution in [0.5, 0.6) is 0 Å². The summed E-state index contributed by atoms with van der Waals surface area (Å²) in [6.07, 6.45) is 1.83. The molecule has 21 heavy (non-hydrogen) atoms. The largest absolute Gasteiger partial charge is 0.367 e. The Labute approximate surface area is 125 Å². The van der Waals surface area contributed by atoms with E-state index < -0.39 is 0 Å². The van der Waals surface area contributed by atoms with Crippen molar-refractivity contribution < 1.29 is 0 Å². The van der Waals surface area contributed by atoms with E-state index in [1.165, 1.54) is 0 Å². The summed E-state index contributed by atoms with van der Waals surface area (Å²) in [5, 5.41) is 0. The van der Waals surface area contributed by atoms with Crippen molar-refractivity contribution in [3.63, 3.8) is 0 Å². The first-order valence-electron chi connectivity index (χ1n) is 7.33. The molecule has 0 aliphatic heterocycles. The topological polar surface area (TPSA) is 51.3 Å². The monoisotopic (exact) mass is 285 g/mol. The van der Waals surface area contributed by atoms with Crippen molar-refractivity contribution >= 4 is 5.69 Å². The van der Waals surface area contributed by atoms with E-state index in [0.717, 1.165) is 17.8 Å². The number of anilines is 1. The maximum atomic E-state index is 11.8. The van der Waals surface area contributed by atoms with Gasteiger partial charge in [0.15, 0.2) is 0 Å². The van der Waals surface area contributed by atoms with Crippen LogP contribution in [0.2, 0.25) is 0 Å². The number of hydrogen-bond acceptors (Lipinski definition) is 3. The molecule has 0 unspecified atom stereocenters. The lowest BCUT2D eigenvalue weighted by Gasteiger charge is -2.29. The van der Waals surface area contributed by atoms with Gasteiger partial charge in [-0.1, -0.05) is 18.2 Å². The van der Waals surface area contributed by atoms with E-state index in [9.17, 15) is 4.79 Å². The lowest BCUT2D eigenvalue weighted by atomic mass is 10.1. The Hall–Kier alpha value is -2.07. The summed E-state index contributed by atoms with van der Waals surface area (Å²) in [6, 6.07) is 13.9. The van der Waals surface area contributed by atoms with E-state index in [2.05, 4.69) is 43.0 Å². The van der Waals surface area contributed by atoms with Gasteiger partial charge in [0, 0.05) is 43.6 Å². The lowest BCUT2D eigenvalue weighted by molar-refractivity contribution is 0.598. The van der Waals surface area contributed by atoms with Crippen LogP contribution in [0, 0.1) is 0 Å². The smallest absolute Gasteiger partial charge is 0.250 e. The third kappa shape index (κ3) is 3.95. The first kappa shape index (κ1) is 15.3. The number of benzene rings is 1. The quantitative estimate of drug-likeness (QED) is 0.885. The fraction of sp³-hybridized carbons (Fsp3) is 0.353. The van der Waals surface area contributed by atoms with E-state index in [1.807, 2.05) is 12.3 Å². The van der Waals surface area contributed by atoms with Gasteiger partial charge in [-0.25, -0.2) is 0 Å². The molecule has 0 spiro atoms. The van der Waals surface area contributed by atoms with E-state index in [0.29, 0.717) is 19.1 Å². The molecule has 2 rings (SSSR count). The fourth-order valence-corrected chi connectivity index (χ4v) is 2.37. The van der Waals surface area contributed by atoms with Crippen LogP contribution in [0.1, 0.15) is 19.4 Å². The highest BCUT2D eigenvalue weighted by atomic mass is 16.1. The number of hydrogen-bond donors (Lipinski definition) is 1. The average Bonchev–Trinajstić information content (AvgIpc) is 2.49. The van der Waals surface area contributed by atoms with Gasteiger partial charge in [0.05, 0.1) is 0 Å². The minimum absolute atomic E-state index is 0.0414. The maximum absolute atomic E-state index is 11.8. The second kappa shape index (κ2) is 7.09. The van der Waals surface area contributed by atoms with Gasteiger partial charge in [-0.3, -0.25) is 4.79 Å². The van der Waals surface area contributed by atoms with Crippen molar-refractivity contribution in [1.29, 1.82) is 0 Å². The molecule has 1 heterocycles. The zero-order chi connectivity index (χ0) is 15.2. The summed E-state index contributed by atoms with van der Waals surface area (Å²) in [5.41, 5.74) is 7.96. The van der Waals surface area contributed by atoms with Crippen molar-refractivity contribution in [2.75, 3.05) is 11.4 Å². The minimum Gasteiger partial charge on any atom is -0.367 e. The normalized spacial score (nSPS) is 10.9. The molecule has 0 saturated heterocycles. The summed E-state index contributed by atoms with van der Waals surface area (Å²) < 4.78 is 1.74. The summed E-state index contributed by atoms with van der Waals surface area (Å²) in [4.78, 5) is 14.0. The molecule has 0 radical (unpaired) electrons. The highest BCUT2D eigenvalue weighted by molar-refractivity contribution is 5.48. The number of aromatic nitrogens is 1. The van der Waals surface area contributed by atoms with Crippen LogP contribution in [0.25, 0.3) is 0 Å². The second-order valence-electron chi connectivity index (χ2n) is 5.39. The summed E-state index contributed by atoms with van der Waals surface area (Å²) in [6.45, 7) is 6.34. The van der Waals surface area contributed by atoms with E-state index in [4.69, 9.17) is 5.73 Å². The van der Waals surface area contributed by atoms with Crippen LogP contribution >= 0.6 is 0 Å². The molecule has 0 aliphatic rings. The Morgan fingerprint density at radius 1 is 1.14 bits per heavy atom. The summed E-state index contributed by atoms with van der Waals surface area (Å²) in [7, 11) is 0. The zero-order valence-electron chi connectivity index (χ0n) is 12.7. The van der Waals surface area contributed by atoms with Gasteiger partial charge < -0.3 is 15.2 Å². The van der Waals surface area contributed by atoms with Crippen LogP contribution in [0.3, 0.4) is 0 Å². The number of nitrogens with zero attached hydrogens (tertiary/aromatic N) is 2. The average molecular weight is 285 g/mol. The third-order valence-electron chi connectivity index (χ3n) is 3.61. The van der Waals surface area contributed by atoms with Gasteiger partial charge >= 0.3 is 0 Å². The molecule has 0 atom stereocenters. The van der Waals surface area contributed by atoms with Crippen LogP contribution in [-0.2, 0) is 13.1 Å². The van der Waals surface area contributed by atoms with Crippen LogP contribution in [0.15, 0.2) is 53.5 Å². The van der Waals surface area contributed by atoms with Crippen molar-refractivity contribution in [2.24, 2.45) is 5.73 Å². The standard InChI is InChI=1S/C17H23N3O/c1-14(2)20(16-8-6-15(13-18)7-9-16)12-11-19-10-4-3-5-17(19)21/h3-10,14H,11-13,18H2,1-2H3. The Morgan fingerprint density at radius 3 is 2.43 bits per heavy atom. The molecule has 4 nitrogen and oxygen atoms in total. The Balaban J connectivity index is 2.12. The van der Waals surface area contributed by atoms with Crippen molar-refractivity contribution in [3.8, 4) is 0 Å². The molecule has 1 aromatic carbocycles. The minimum atomic E-state index is 0.0414. The number of rotatable bonds is 6. The van der Waals surface area contributed by atoms with Crippen molar-refractivity contribution in [2.45, 2.75) is 33.0 Å². The van der Waals surface area contributed by atoms with Crippen molar-refractivity contribution in [3.05, 3.63) is 64.6 Å². The van der Waals surface area contributed by atoms with Gasteiger partial charge in [-0.15, -0.1) is 0 Å². The lowest BCUT2D eigenvalue weighted by Crippen LogP contribution is -2.35. The molecular formula is C17H23N3O. The zero-order valence-corrected chi connectivity index (χ0v) is 12.7. The maximum Gasteiger partial charge on any atom is 0.250 e. The Morgan fingerprint density at radius 2 is 1.86 bits per heavy atom. The highest BCUT2D eigenvalue weighted by Gasteiger charge is 2.10. The molecule has 2 aromatic rings. The first-order valence-corrected chi connectivity index (χ1v) is 7.33. The van der Waals surface area contributed by atoms with E-state index >= 15 is 0 Å². The first-order chi connectivity index (χ1) is 10.1. The van der Waals surface area contributed by atoms with Crippen molar-refractivity contribution in [1.82, 2.24) is 4.57 Å². The van der Waals surface area contributed by atoms with Gasteiger partial charge in [0.1, 0.15) is 0 Å². The SMILES string of the molecule is CC(C)N(CCn1ccccc1=O)c1ccc(CN)cc1. The van der Waals surface area contributed by atoms with E-state index in [-0.39, 0.29) is 5.56 Å². The fourth-order valence-electron chi connectivity index (χ4n) is 2.37. The molecule has 0 fully saturated rings. The molecule has 0 bridgehead atoms. The van der Waals surface area contributed by atoms with Crippen LogP contribution in [-0.4, -0.2) is 17.2 Å². The molecule has 0 aliphatic carbocycles. The molecule has 2 N–H and O–H groups in total. The third-order valence-corrected chi connectivity index (χ3v) is 3.61. The van der Waals surface area contributed by atoms with Gasteiger partial charge in [0.2, 0.25) is 0 Å². The number of nitrogens with two attached hydrogens (primary N) is 1. The predicted octanol–water partition coefficient (Wildman–Crippen LogP) is 2.22. The highest BCUT2D eigenvalue weighted by Crippen LogP contribution is 2.17. The van der Waals surface area contributed by atoms with Gasteiger partial charge in [0.25, 0.3) is 5.56 Å². The Bertz CT molecular complexity index is 616. The van der Waals surface area contributed by atoms with Gasteiger partial charge in [-0.05, 0) is 37.6 Å². The molecule has 0 saturated carbocycles. The predicted molar refractivity (Wildman–Crippen MR) is 87.5 cm³/mol. The molecule has 4 heteroatoms. The second-order valence-corrected chi connectivity index (χ2v) is 5.39. The van der Waals surface area contributed by atoms with Gasteiger partial charge in [-0.2, -0.15) is 0 Å². The Kier molecular flexibility index (Phi) is 5.17. The summed E-state index contributed by atoms with van der Waals surface area (Å²) >= 11 is 0. The molecule has 0 amide bonds. The molecule has 112 valence electrons. The molecule has 1 aromatic heterocycles. The number of pyridine rings is 1.